The highest BCUT2D eigenvalue weighted by Gasteiger charge is 2.29. The van der Waals surface area contributed by atoms with Crippen molar-refractivity contribution in [1.29, 1.82) is 0 Å². The van der Waals surface area contributed by atoms with Gasteiger partial charge in [0.2, 0.25) is 0 Å². The first-order chi connectivity index (χ1) is 7.77. The molecule has 0 amide bonds. The van der Waals surface area contributed by atoms with Crippen LogP contribution in [0.5, 0.6) is 0 Å². The molecule has 1 saturated heterocycles. The second-order valence-corrected chi connectivity index (χ2v) is 6.66. The molecule has 4 nitrogen and oxygen atoms in total. The van der Waals surface area contributed by atoms with Gasteiger partial charge in [-0.3, -0.25) is 0 Å². The van der Waals surface area contributed by atoms with Crippen molar-refractivity contribution in [3.8, 4) is 0 Å². The fraction of sp³-hybridized carbons (Fsp3) is 0.923. The molecule has 1 rings (SSSR count). The van der Waals surface area contributed by atoms with Crippen LogP contribution in [0.4, 0.5) is 0 Å². The van der Waals surface area contributed by atoms with E-state index in [4.69, 9.17) is 10.9 Å². The van der Waals surface area contributed by atoms with E-state index in [1.54, 1.807) is 0 Å². The number of hydrogen-bond acceptors (Lipinski definition) is 3. The molecule has 1 aliphatic rings. The fourth-order valence-corrected chi connectivity index (χ4v) is 2.42. The Morgan fingerprint density at radius 2 is 2.12 bits per heavy atom. The van der Waals surface area contributed by atoms with Crippen molar-refractivity contribution in [2.75, 3.05) is 19.6 Å². The van der Waals surface area contributed by atoms with Crippen LogP contribution in [0.3, 0.4) is 0 Å². The molecule has 0 spiro atoms. The van der Waals surface area contributed by atoms with Gasteiger partial charge in [-0.15, -0.1) is 0 Å². The van der Waals surface area contributed by atoms with Gasteiger partial charge in [-0.05, 0) is 37.8 Å². The fourth-order valence-electron chi connectivity index (χ4n) is 2.42. The number of nitrogens with zero attached hydrogens (tertiary/aromatic N) is 2. The summed E-state index contributed by atoms with van der Waals surface area (Å²) in [7, 11) is 0. The maximum atomic E-state index is 8.70. The maximum Gasteiger partial charge on any atom is 0.144 e. The van der Waals surface area contributed by atoms with Gasteiger partial charge in [-0.2, -0.15) is 0 Å². The summed E-state index contributed by atoms with van der Waals surface area (Å²) in [5, 5.41) is 11.8. The summed E-state index contributed by atoms with van der Waals surface area (Å²) in [5.74, 6) is 0.333. The Balaban J connectivity index is 2.29. The van der Waals surface area contributed by atoms with Gasteiger partial charge in [-0.25, -0.2) is 0 Å². The van der Waals surface area contributed by atoms with Gasteiger partial charge in [0.25, 0.3) is 0 Å². The SMILES string of the molecule is CC1(C)CCN(CCCC(C)(C)C(N)=NO)C1. The first kappa shape index (κ1) is 14.3. The lowest BCUT2D eigenvalue weighted by Gasteiger charge is -2.25. The van der Waals surface area contributed by atoms with E-state index >= 15 is 0 Å². The third kappa shape index (κ3) is 4.19. The predicted molar refractivity (Wildman–Crippen MR) is 71.3 cm³/mol. The number of oxime groups is 1. The molecule has 17 heavy (non-hydrogen) atoms. The van der Waals surface area contributed by atoms with Gasteiger partial charge in [-0.1, -0.05) is 32.9 Å². The first-order valence-corrected chi connectivity index (χ1v) is 6.47. The molecule has 1 heterocycles. The topological polar surface area (TPSA) is 61.8 Å². The van der Waals surface area contributed by atoms with Crippen molar-refractivity contribution in [2.24, 2.45) is 21.7 Å². The van der Waals surface area contributed by atoms with Crippen molar-refractivity contribution in [1.82, 2.24) is 4.90 Å². The number of hydrogen-bond donors (Lipinski definition) is 2. The smallest absolute Gasteiger partial charge is 0.144 e. The van der Waals surface area contributed by atoms with Crippen molar-refractivity contribution >= 4 is 5.84 Å². The molecule has 100 valence electrons. The van der Waals surface area contributed by atoms with E-state index < -0.39 is 0 Å². The lowest BCUT2D eigenvalue weighted by molar-refractivity contribution is 0.270. The summed E-state index contributed by atoms with van der Waals surface area (Å²) < 4.78 is 0. The van der Waals surface area contributed by atoms with E-state index in [-0.39, 0.29) is 5.41 Å². The highest BCUT2D eigenvalue weighted by Crippen LogP contribution is 2.29. The maximum absolute atomic E-state index is 8.70. The summed E-state index contributed by atoms with van der Waals surface area (Å²) in [6.45, 7) is 12.2. The third-order valence-corrected chi connectivity index (χ3v) is 3.83. The Kier molecular flexibility index (Phi) is 4.42. The van der Waals surface area contributed by atoms with Crippen LogP contribution in [-0.4, -0.2) is 35.6 Å². The number of nitrogens with two attached hydrogens (primary N) is 1. The van der Waals surface area contributed by atoms with Crippen LogP contribution in [0.1, 0.15) is 47.0 Å². The Morgan fingerprint density at radius 3 is 2.59 bits per heavy atom. The molecule has 0 aliphatic carbocycles. The second-order valence-electron chi connectivity index (χ2n) is 6.66. The number of rotatable bonds is 5. The molecular weight excluding hydrogens is 214 g/mol. The molecule has 0 aromatic carbocycles. The lowest BCUT2D eigenvalue weighted by atomic mass is 9.86. The molecule has 0 radical (unpaired) electrons. The van der Waals surface area contributed by atoms with E-state index in [9.17, 15) is 0 Å². The molecular formula is C13H27N3O. The standard InChI is InChI=1S/C13H27N3O/c1-12(2)7-9-16(10-12)8-5-6-13(3,4)11(14)15-17/h17H,5-10H2,1-4H3,(H2,14,15). The first-order valence-electron chi connectivity index (χ1n) is 6.47. The molecule has 0 bridgehead atoms. The molecule has 0 aromatic heterocycles. The van der Waals surface area contributed by atoms with E-state index in [0.29, 0.717) is 11.3 Å². The van der Waals surface area contributed by atoms with Crippen LogP contribution in [0, 0.1) is 10.8 Å². The van der Waals surface area contributed by atoms with Gasteiger partial charge < -0.3 is 15.8 Å². The van der Waals surface area contributed by atoms with Crippen LogP contribution in [0.15, 0.2) is 5.16 Å². The largest absolute Gasteiger partial charge is 0.409 e. The van der Waals surface area contributed by atoms with Crippen LogP contribution in [0.2, 0.25) is 0 Å². The normalized spacial score (nSPS) is 22.0. The Labute approximate surface area is 105 Å². The van der Waals surface area contributed by atoms with Crippen molar-refractivity contribution in [3.63, 3.8) is 0 Å². The monoisotopic (exact) mass is 241 g/mol. The highest BCUT2D eigenvalue weighted by molar-refractivity contribution is 5.85. The van der Waals surface area contributed by atoms with E-state index in [2.05, 4.69) is 23.9 Å². The molecule has 0 atom stereocenters. The summed E-state index contributed by atoms with van der Waals surface area (Å²) in [6.07, 6.45) is 3.34. The minimum Gasteiger partial charge on any atom is -0.409 e. The van der Waals surface area contributed by atoms with Gasteiger partial charge in [0.1, 0.15) is 5.84 Å². The zero-order chi connectivity index (χ0) is 13.1. The number of amidine groups is 1. The molecule has 1 aliphatic heterocycles. The van der Waals surface area contributed by atoms with Crippen molar-refractivity contribution in [2.45, 2.75) is 47.0 Å². The minimum atomic E-state index is -0.204. The summed E-state index contributed by atoms with van der Waals surface area (Å²) >= 11 is 0. The molecule has 4 heteroatoms. The third-order valence-electron chi connectivity index (χ3n) is 3.83. The molecule has 3 N–H and O–H groups in total. The average Bonchev–Trinajstić information content (AvgIpc) is 2.56. The van der Waals surface area contributed by atoms with Crippen LogP contribution in [0.25, 0.3) is 0 Å². The second kappa shape index (κ2) is 5.25. The van der Waals surface area contributed by atoms with Crippen molar-refractivity contribution in [3.05, 3.63) is 0 Å². The van der Waals surface area contributed by atoms with E-state index in [0.717, 1.165) is 19.4 Å². The zero-order valence-electron chi connectivity index (χ0n) is 11.7. The summed E-state index contributed by atoms with van der Waals surface area (Å²) in [4.78, 5) is 2.52. The lowest BCUT2D eigenvalue weighted by Crippen LogP contribution is -2.33. The van der Waals surface area contributed by atoms with Gasteiger partial charge in [0.15, 0.2) is 0 Å². The van der Waals surface area contributed by atoms with E-state index in [1.807, 2.05) is 13.8 Å². The molecule has 0 unspecified atom stereocenters. The quantitative estimate of drug-likeness (QED) is 0.336. The molecule has 0 saturated carbocycles. The van der Waals surface area contributed by atoms with Gasteiger partial charge >= 0.3 is 0 Å². The van der Waals surface area contributed by atoms with Crippen molar-refractivity contribution < 1.29 is 5.21 Å². The Bertz CT molecular complexity index is 284. The van der Waals surface area contributed by atoms with Gasteiger partial charge in [0.05, 0.1) is 0 Å². The van der Waals surface area contributed by atoms with Gasteiger partial charge in [0, 0.05) is 12.0 Å². The van der Waals surface area contributed by atoms with E-state index in [1.165, 1.54) is 19.5 Å². The summed E-state index contributed by atoms with van der Waals surface area (Å²) in [6, 6.07) is 0. The van der Waals surface area contributed by atoms with Crippen LogP contribution >= 0.6 is 0 Å². The van der Waals surface area contributed by atoms with Crippen LogP contribution in [-0.2, 0) is 0 Å². The Hall–Kier alpha value is -0.770. The molecule has 1 fully saturated rings. The Morgan fingerprint density at radius 1 is 1.47 bits per heavy atom. The minimum absolute atomic E-state index is 0.204. The predicted octanol–water partition coefficient (Wildman–Crippen LogP) is 2.27. The summed E-state index contributed by atoms with van der Waals surface area (Å²) in [5.41, 5.74) is 5.94. The highest BCUT2D eigenvalue weighted by atomic mass is 16.4. The van der Waals surface area contributed by atoms with Crippen LogP contribution < -0.4 is 5.73 Å². The zero-order valence-corrected chi connectivity index (χ0v) is 11.7. The average molecular weight is 241 g/mol. The number of likely N-dealkylation sites (tertiary alicyclic amines) is 1. The molecule has 0 aromatic rings.